The summed E-state index contributed by atoms with van der Waals surface area (Å²) in [7, 11) is 0. The molecule has 2 saturated carbocycles. The fourth-order valence-corrected chi connectivity index (χ4v) is 6.17. The number of hydrogen-bond acceptors (Lipinski definition) is 2. The Labute approximate surface area is 198 Å². The fourth-order valence-electron chi connectivity index (χ4n) is 6.17. The van der Waals surface area contributed by atoms with Crippen molar-refractivity contribution in [2.24, 2.45) is 23.7 Å². The van der Waals surface area contributed by atoms with E-state index in [1.807, 2.05) is 0 Å². The van der Waals surface area contributed by atoms with Gasteiger partial charge in [-0.25, -0.2) is 0 Å². The highest BCUT2D eigenvalue weighted by Crippen LogP contribution is 2.42. The van der Waals surface area contributed by atoms with E-state index < -0.39 is 0 Å². The molecule has 0 bridgehead atoms. The fraction of sp³-hybridized carbons (Fsp3) is 0.767. The molecule has 3 rings (SSSR count). The van der Waals surface area contributed by atoms with Crippen LogP contribution < -0.4 is 4.74 Å². The molecule has 0 N–H and O–H groups in total. The largest absolute Gasteiger partial charge is 0.494 e. The Morgan fingerprint density at radius 1 is 0.844 bits per heavy atom. The van der Waals surface area contributed by atoms with Gasteiger partial charge in [-0.3, -0.25) is 0 Å². The van der Waals surface area contributed by atoms with Gasteiger partial charge in [0.05, 0.1) is 12.7 Å². The molecule has 0 radical (unpaired) electrons. The zero-order valence-corrected chi connectivity index (χ0v) is 20.9. The second kappa shape index (κ2) is 13.9. The lowest BCUT2D eigenvalue weighted by Gasteiger charge is -2.34. The van der Waals surface area contributed by atoms with Crippen molar-refractivity contribution in [3.63, 3.8) is 0 Å². The van der Waals surface area contributed by atoms with Crippen LogP contribution in [0.5, 0.6) is 5.75 Å². The number of ether oxygens (including phenoxy) is 1. The van der Waals surface area contributed by atoms with Gasteiger partial charge in [-0.15, -0.1) is 0 Å². The van der Waals surface area contributed by atoms with E-state index in [0.717, 1.165) is 37.0 Å². The predicted molar refractivity (Wildman–Crippen MR) is 135 cm³/mol. The van der Waals surface area contributed by atoms with Gasteiger partial charge in [-0.1, -0.05) is 70.9 Å². The maximum atomic E-state index is 9.92. The standard InChI is InChI=1S/C30H47NO/c1-3-5-7-8-24-9-13-28(14-10-24)29(23-31)22-25-11-15-26(16-12-25)27-17-19-30(20-18-27)32-21-6-4-2/h17-20,24-26,28-29H,3-16,21-22H2,1-2H3. The summed E-state index contributed by atoms with van der Waals surface area (Å²) in [5.41, 5.74) is 1.48. The lowest BCUT2D eigenvalue weighted by Crippen LogP contribution is -2.24. The quantitative estimate of drug-likeness (QED) is 0.305. The van der Waals surface area contributed by atoms with Gasteiger partial charge in [0.2, 0.25) is 0 Å². The highest BCUT2D eigenvalue weighted by atomic mass is 16.5. The number of rotatable bonds is 12. The highest BCUT2D eigenvalue weighted by Gasteiger charge is 2.31. The summed E-state index contributed by atoms with van der Waals surface area (Å²) in [4.78, 5) is 0. The monoisotopic (exact) mass is 437 g/mol. The molecule has 0 heterocycles. The van der Waals surface area contributed by atoms with E-state index in [0.29, 0.717) is 17.8 Å². The molecule has 2 heteroatoms. The van der Waals surface area contributed by atoms with Gasteiger partial charge >= 0.3 is 0 Å². The molecule has 1 atom stereocenters. The first-order valence-electron chi connectivity index (χ1n) is 13.9. The molecule has 32 heavy (non-hydrogen) atoms. The molecule has 2 aliphatic rings. The zero-order chi connectivity index (χ0) is 22.6. The van der Waals surface area contributed by atoms with E-state index in [1.54, 1.807) is 0 Å². The van der Waals surface area contributed by atoms with Crippen LogP contribution in [0.25, 0.3) is 0 Å². The molecule has 1 unspecified atom stereocenters. The van der Waals surface area contributed by atoms with Crippen molar-refractivity contribution >= 4 is 0 Å². The van der Waals surface area contributed by atoms with Gasteiger partial charge in [-0.05, 0) is 92.7 Å². The van der Waals surface area contributed by atoms with E-state index in [2.05, 4.69) is 44.2 Å². The Bertz CT molecular complexity index is 659. The van der Waals surface area contributed by atoms with Gasteiger partial charge in [-0.2, -0.15) is 5.26 Å². The number of hydrogen-bond donors (Lipinski definition) is 0. The topological polar surface area (TPSA) is 33.0 Å². The Kier molecular flexibility index (Phi) is 10.9. The third-order valence-corrected chi connectivity index (χ3v) is 8.39. The van der Waals surface area contributed by atoms with E-state index in [4.69, 9.17) is 4.74 Å². The van der Waals surface area contributed by atoms with Crippen LogP contribution in [0, 0.1) is 35.0 Å². The van der Waals surface area contributed by atoms with Crippen LogP contribution >= 0.6 is 0 Å². The summed E-state index contributed by atoms with van der Waals surface area (Å²) in [5.74, 6) is 4.36. The Hall–Kier alpha value is -1.49. The molecule has 2 nitrogen and oxygen atoms in total. The average Bonchev–Trinajstić information content (AvgIpc) is 2.84. The maximum Gasteiger partial charge on any atom is 0.119 e. The molecule has 1 aromatic carbocycles. The zero-order valence-electron chi connectivity index (χ0n) is 20.9. The van der Waals surface area contributed by atoms with Gasteiger partial charge in [0, 0.05) is 5.92 Å². The van der Waals surface area contributed by atoms with Crippen LogP contribution in [0.3, 0.4) is 0 Å². The molecule has 0 aliphatic heterocycles. The maximum absolute atomic E-state index is 9.92. The SMILES string of the molecule is CCCCCC1CCC(C(C#N)CC2CCC(c3ccc(OCCCC)cc3)CC2)CC1. The average molecular weight is 438 g/mol. The second-order valence-electron chi connectivity index (χ2n) is 10.7. The third-order valence-electron chi connectivity index (χ3n) is 8.39. The number of benzene rings is 1. The normalized spacial score (nSPS) is 26.9. The van der Waals surface area contributed by atoms with Crippen LogP contribution in [-0.4, -0.2) is 6.61 Å². The van der Waals surface area contributed by atoms with Gasteiger partial charge < -0.3 is 4.74 Å². The van der Waals surface area contributed by atoms with Crippen molar-refractivity contribution in [1.29, 1.82) is 5.26 Å². The molecule has 2 fully saturated rings. The molecule has 0 amide bonds. The Balaban J connectivity index is 1.39. The minimum atomic E-state index is 0.299. The van der Waals surface area contributed by atoms with Gasteiger partial charge in [0.15, 0.2) is 0 Å². The second-order valence-corrected chi connectivity index (χ2v) is 10.7. The van der Waals surface area contributed by atoms with E-state index in [1.165, 1.54) is 89.0 Å². The first-order chi connectivity index (χ1) is 15.7. The molecule has 1 aromatic rings. The number of unbranched alkanes of at least 4 members (excludes halogenated alkanes) is 3. The molecule has 0 saturated heterocycles. The summed E-state index contributed by atoms with van der Waals surface area (Å²) in [6.07, 6.45) is 19.5. The van der Waals surface area contributed by atoms with Crippen molar-refractivity contribution < 1.29 is 4.74 Å². The predicted octanol–water partition coefficient (Wildman–Crippen LogP) is 9.06. The smallest absolute Gasteiger partial charge is 0.119 e. The lowest BCUT2D eigenvalue weighted by atomic mass is 9.70. The molecular weight excluding hydrogens is 390 g/mol. The molecule has 0 aromatic heterocycles. The third kappa shape index (κ3) is 7.83. The van der Waals surface area contributed by atoms with Crippen molar-refractivity contribution in [3.8, 4) is 11.8 Å². The minimum Gasteiger partial charge on any atom is -0.494 e. The number of nitriles is 1. The van der Waals surface area contributed by atoms with Crippen LogP contribution in [0.15, 0.2) is 24.3 Å². The van der Waals surface area contributed by atoms with Crippen LogP contribution in [0.2, 0.25) is 0 Å². The van der Waals surface area contributed by atoms with Gasteiger partial charge in [0.1, 0.15) is 5.75 Å². The van der Waals surface area contributed by atoms with E-state index in [-0.39, 0.29) is 0 Å². The first kappa shape index (κ1) is 25.1. The number of nitrogens with zero attached hydrogens (tertiary/aromatic N) is 1. The lowest BCUT2D eigenvalue weighted by molar-refractivity contribution is 0.187. The minimum absolute atomic E-state index is 0.299. The van der Waals surface area contributed by atoms with Crippen molar-refractivity contribution in [1.82, 2.24) is 0 Å². The van der Waals surface area contributed by atoms with Gasteiger partial charge in [0.25, 0.3) is 0 Å². The van der Waals surface area contributed by atoms with Crippen molar-refractivity contribution in [2.45, 2.75) is 116 Å². The first-order valence-corrected chi connectivity index (χ1v) is 13.9. The van der Waals surface area contributed by atoms with E-state index in [9.17, 15) is 5.26 Å². The van der Waals surface area contributed by atoms with Crippen molar-refractivity contribution in [2.75, 3.05) is 6.61 Å². The van der Waals surface area contributed by atoms with E-state index >= 15 is 0 Å². The molecule has 2 aliphatic carbocycles. The molecule has 178 valence electrons. The van der Waals surface area contributed by atoms with Crippen molar-refractivity contribution in [3.05, 3.63) is 29.8 Å². The van der Waals surface area contributed by atoms with Crippen LogP contribution in [0.4, 0.5) is 0 Å². The summed E-state index contributed by atoms with van der Waals surface area (Å²) in [6.45, 7) is 5.31. The molecular formula is C30H47NO. The molecule has 0 spiro atoms. The summed E-state index contributed by atoms with van der Waals surface area (Å²) < 4.78 is 5.82. The highest BCUT2D eigenvalue weighted by molar-refractivity contribution is 5.29. The summed E-state index contributed by atoms with van der Waals surface area (Å²) in [6, 6.07) is 11.6. The summed E-state index contributed by atoms with van der Waals surface area (Å²) >= 11 is 0. The Morgan fingerprint density at radius 3 is 2.12 bits per heavy atom. The summed E-state index contributed by atoms with van der Waals surface area (Å²) in [5, 5.41) is 9.92. The Morgan fingerprint density at radius 2 is 1.50 bits per heavy atom. The van der Waals surface area contributed by atoms with Crippen LogP contribution in [0.1, 0.15) is 122 Å². The van der Waals surface area contributed by atoms with Crippen LogP contribution in [-0.2, 0) is 0 Å².